The third-order valence-corrected chi connectivity index (χ3v) is 2.57. The number of hydrogen-bond donors (Lipinski definition) is 1. The second kappa shape index (κ2) is 8.23. The summed E-state index contributed by atoms with van der Waals surface area (Å²) in [5.74, 6) is 0. The lowest BCUT2D eigenvalue weighted by Crippen LogP contribution is -2.14. The molecule has 0 aliphatic heterocycles. The summed E-state index contributed by atoms with van der Waals surface area (Å²) in [5.41, 5.74) is 2.55. The molecule has 96 valence electrons. The van der Waals surface area contributed by atoms with Crippen LogP contribution in [0.4, 0.5) is 0 Å². The quantitative estimate of drug-likeness (QED) is 0.697. The first-order chi connectivity index (χ1) is 8.22. The Labute approximate surface area is 105 Å². The maximum atomic E-state index is 5.63. The van der Waals surface area contributed by atoms with E-state index < -0.39 is 0 Å². The summed E-state index contributed by atoms with van der Waals surface area (Å²) in [4.78, 5) is 2.18. The molecule has 17 heavy (non-hydrogen) atoms. The molecule has 0 amide bonds. The molecule has 1 N–H and O–H groups in total. The highest BCUT2D eigenvalue weighted by molar-refractivity contribution is 5.21. The van der Waals surface area contributed by atoms with Crippen LogP contribution < -0.4 is 5.32 Å². The van der Waals surface area contributed by atoms with E-state index in [1.54, 1.807) is 0 Å². The van der Waals surface area contributed by atoms with Crippen LogP contribution in [0.25, 0.3) is 0 Å². The summed E-state index contributed by atoms with van der Waals surface area (Å²) in [5, 5.41) is 3.14. The van der Waals surface area contributed by atoms with Crippen LogP contribution in [-0.2, 0) is 17.9 Å². The predicted octanol–water partition coefficient (Wildman–Crippen LogP) is 1.87. The molecule has 0 aliphatic rings. The average Bonchev–Trinajstić information content (AvgIpc) is 2.31. The smallest absolute Gasteiger partial charge is 0.0716 e. The zero-order valence-electron chi connectivity index (χ0n) is 11.2. The van der Waals surface area contributed by atoms with Crippen LogP contribution in [0.15, 0.2) is 24.3 Å². The van der Waals surface area contributed by atoms with Crippen LogP contribution in [0.5, 0.6) is 0 Å². The van der Waals surface area contributed by atoms with Crippen LogP contribution in [0.3, 0.4) is 0 Å². The minimum absolute atomic E-state index is 0.716. The van der Waals surface area contributed by atoms with Crippen LogP contribution in [0.2, 0.25) is 0 Å². The normalized spacial score (nSPS) is 11.1. The molecule has 0 saturated heterocycles. The summed E-state index contributed by atoms with van der Waals surface area (Å²) in [6, 6.07) is 8.57. The highest BCUT2D eigenvalue weighted by atomic mass is 16.5. The molecule has 3 nitrogen and oxygen atoms in total. The van der Waals surface area contributed by atoms with Gasteiger partial charge in [-0.15, -0.1) is 0 Å². The molecule has 3 heteroatoms. The summed E-state index contributed by atoms with van der Waals surface area (Å²) >= 11 is 0. The van der Waals surface area contributed by atoms with Gasteiger partial charge >= 0.3 is 0 Å². The molecule has 0 spiro atoms. The molecule has 0 heterocycles. The van der Waals surface area contributed by atoms with Gasteiger partial charge in [-0.25, -0.2) is 0 Å². The zero-order valence-corrected chi connectivity index (χ0v) is 11.2. The SMILES string of the molecule is CNCc1ccc(COCCCN(C)C)cc1. The number of rotatable bonds is 8. The first-order valence-corrected chi connectivity index (χ1v) is 6.17. The van der Waals surface area contributed by atoms with Gasteiger partial charge in [0.1, 0.15) is 0 Å². The molecule has 0 bridgehead atoms. The molecule has 0 fully saturated rings. The Morgan fingerprint density at radius 2 is 1.76 bits per heavy atom. The van der Waals surface area contributed by atoms with E-state index in [4.69, 9.17) is 4.74 Å². The molecule has 0 aromatic heterocycles. The third kappa shape index (κ3) is 6.41. The van der Waals surface area contributed by atoms with Crippen molar-refractivity contribution in [1.29, 1.82) is 0 Å². The Bertz CT molecular complexity index is 296. The summed E-state index contributed by atoms with van der Waals surface area (Å²) < 4.78 is 5.63. The molecule has 0 aliphatic carbocycles. The van der Waals surface area contributed by atoms with Crippen LogP contribution >= 0.6 is 0 Å². The van der Waals surface area contributed by atoms with Crippen molar-refractivity contribution in [3.8, 4) is 0 Å². The number of ether oxygens (including phenoxy) is 1. The maximum absolute atomic E-state index is 5.63. The van der Waals surface area contributed by atoms with E-state index in [-0.39, 0.29) is 0 Å². The molecule has 0 radical (unpaired) electrons. The van der Waals surface area contributed by atoms with Gasteiger partial charge in [-0.2, -0.15) is 0 Å². The molecule has 0 atom stereocenters. The number of hydrogen-bond acceptors (Lipinski definition) is 3. The lowest BCUT2D eigenvalue weighted by atomic mass is 10.1. The van der Waals surface area contributed by atoms with E-state index in [0.29, 0.717) is 6.61 Å². The van der Waals surface area contributed by atoms with Crippen molar-refractivity contribution in [2.75, 3.05) is 34.3 Å². The fraction of sp³-hybridized carbons (Fsp3) is 0.571. The largest absolute Gasteiger partial charge is 0.377 e. The highest BCUT2D eigenvalue weighted by Crippen LogP contribution is 2.05. The van der Waals surface area contributed by atoms with Gasteiger partial charge in [0.05, 0.1) is 6.61 Å². The molecule has 1 aromatic carbocycles. The summed E-state index contributed by atoms with van der Waals surface area (Å²) in [6.45, 7) is 3.55. The molecule has 1 aromatic rings. The van der Waals surface area contributed by atoms with E-state index in [0.717, 1.165) is 26.1 Å². The predicted molar refractivity (Wildman–Crippen MR) is 72.0 cm³/mol. The molecule has 1 rings (SSSR count). The van der Waals surface area contributed by atoms with Crippen molar-refractivity contribution < 1.29 is 4.74 Å². The average molecular weight is 236 g/mol. The van der Waals surface area contributed by atoms with Crippen molar-refractivity contribution in [3.05, 3.63) is 35.4 Å². The molecule has 0 unspecified atom stereocenters. The van der Waals surface area contributed by atoms with Gasteiger partial charge in [0, 0.05) is 13.2 Å². The minimum atomic E-state index is 0.716. The van der Waals surface area contributed by atoms with Gasteiger partial charge in [0.25, 0.3) is 0 Å². The van der Waals surface area contributed by atoms with E-state index >= 15 is 0 Å². The van der Waals surface area contributed by atoms with Crippen molar-refractivity contribution >= 4 is 0 Å². The fourth-order valence-electron chi connectivity index (χ4n) is 1.63. The Hall–Kier alpha value is -0.900. The van der Waals surface area contributed by atoms with Gasteiger partial charge in [-0.1, -0.05) is 24.3 Å². The molecular weight excluding hydrogens is 212 g/mol. The van der Waals surface area contributed by atoms with Gasteiger partial charge < -0.3 is 15.0 Å². The van der Waals surface area contributed by atoms with Gasteiger partial charge in [0.15, 0.2) is 0 Å². The van der Waals surface area contributed by atoms with E-state index in [9.17, 15) is 0 Å². The first-order valence-electron chi connectivity index (χ1n) is 6.17. The number of nitrogens with one attached hydrogen (secondary N) is 1. The zero-order chi connectivity index (χ0) is 12.5. The highest BCUT2D eigenvalue weighted by Gasteiger charge is 1.95. The Kier molecular flexibility index (Phi) is 6.86. The molecular formula is C14H24N2O. The van der Waals surface area contributed by atoms with Gasteiger partial charge in [-0.3, -0.25) is 0 Å². The Balaban J connectivity index is 2.18. The van der Waals surface area contributed by atoms with Crippen LogP contribution in [0, 0.1) is 0 Å². The first kappa shape index (κ1) is 14.2. The fourth-order valence-corrected chi connectivity index (χ4v) is 1.63. The second-order valence-corrected chi connectivity index (χ2v) is 4.56. The lowest BCUT2D eigenvalue weighted by Gasteiger charge is -2.09. The van der Waals surface area contributed by atoms with Crippen molar-refractivity contribution in [3.63, 3.8) is 0 Å². The summed E-state index contributed by atoms with van der Waals surface area (Å²) in [7, 11) is 6.13. The van der Waals surface area contributed by atoms with E-state index in [1.165, 1.54) is 11.1 Å². The Morgan fingerprint density at radius 3 is 2.35 bits per heavy atom. The van der Waals surface area contributed by atoms with Crippen molar-refractivity contribution in [1.82, 2.24) is 10.2 Å². The second-order valence-electron chi connectivity index (χ2n) is 4.56. The lowest BCUT2D eigenvalue weighted by molar-refractivity contribution is 0.113. The van der Waals surface area contributed by atoms with E-state index in [2.05, 4.69) is 48.6 Å². The maximum Gasteiger partial charge on any atom is 0.0716 e. The standard InChI is InChI=1S/C14H24N2O/c1-15-11-13-5-7-14(8-6-13)12-17-10-4-9-16(2)3/h5-8,15H,4,9-12H2,1-3H3. The van der Waals surface area contributed by atoms with E-state index in [1.807, 2.05) is 7.05 Å². The topological polar surface area (TPSA) is 24.5 Å². The van der Waals surface area contributed by atoms with Crippen LogP contribution in [0.1, 0.15) is 17.5 Å². The minimum Gasteiger partial charge on any atom is -0.377 e. The van der Waals surface area contributed by atoms with Crippen LogP contribution in [-0.4, -0.2) is 39.2 Å². The summed E-state index contributed by atoms with van der Waals surface area (Å²) in [6.07, 6.45) is 1.09. The van der Waals surface area contributed by atoms with Gasteiger partial charge in [0.2, 0.25) is 0 Å². The van der Waals surface area contributed by atoms with Gasteiger partial charge in [-0.05, 0) is 45.2 Å². The monoisotopic (exact) mass is 236 g/mol. The van der Waals surface area contributed by atoms with Crippen molar-refractivity contribution in [2.24, 2.45) is 0 Å². The third-order valence-electron chi connectivity index (χ3n) is 2.57. The number of nitrogens with zero attached hydrogens (tertiary/aromatic N) is 1. The van der Waals surface area contributed by atoms with Crippen molar-refractivity contribution in [2.45, 2.75) is 19.6 Å². The Morgan fingerprint density at radius 1 is 1.12 bits per heavy atom. The molecule has 0 saturated carbocycles. The number of benzene rings is 1.